The number of esters is 1. The first-order valence-corrected chi connectivity index (χ1v) is 6.95. The summed E-state index contributed by atoms with van der Waals surface area (Å²) >= 11 is 0. The predicted molar refractivity (Wildman–Crippen MR) is 76.3 cm³/mol. The van der Waals surface area contributed by atoms with E-state index in [1.54, 1.807) is 0 Å². The van der Waals surface area contributed by atoms with E-state index in [0.29, 0.717) is 11.8 Å². The largest absolute Gasteiger partial charge is 0.464 e. The number of carbonyl (C=O) groups excluding carboxylic acids is 1. The first-order valence-electron chi connectivity index (χ1n) is 6.95. The third-order valence-electron chi connectivity index (χ3n) is 2.53. The molecule has 0 aliphatic carbocycles. The van der Waals surface area contributed by atoms with Gasteiger partial charge in [0.15, 0.2) is 0 Å². The van der Waals surface area contributed by atoms with E-state index in [9.17, 15) is 4.79 Å². The van der Waals surface area contributed by atoms with E-state index in [0.717, 1.165) is 31.6 Å². The van der Waals surface area contributed by atoms with Gasteiger partial charge in [-0.05, 0) is 18.3 Å². The molecule has 0 atom stereocenters. The Hall–Kier alpha value is -0.990. The van der Waals surface area contributed by atoms with Gasteiger partial charge in [-0.3, -0.25) is 0 Å². The summed E-state index contributed by atoms with van der Waals surface area (Å²) < 4.78 is 4.90. The molecular formula is C15H29NO2. The van der Waals surface area contributed by atoms with Crippen LogP contribution in [-0.2, 0) is 9.53 Å². The highest BCUT2D eigenvalue weighted by atomic mass is 16.5. The van der Waals surface area contributed by atoms with Crippen molar-refractivity contribution in [2.45, 2.75) is 47.5 Å². The molecule has 0 saturated carbocycles. The maximum absolute atomic E-state index is 11.9. The minimum Gasteiger partial charge on any atom is -0.464 e. The average molecular weight is 255 g/mol. The summed E-state index contributed by atoms with van der Waals surface area (Å²) in [6.07, 6.45) is 3.96. The molecule has 0 radical (unpaired) electrons. The molecule has 0 spiro atoms. The van der Waals surface area contributed by atoms with Crippen molar-refractivity contribution >= 4 is 5.97 Å². The van der Waals surface area contributed by atoms with Crippen LogP contribution in [0.4, 0.5) is 0 Å². The fourth-order valence-electron chi connectivity index (χ4n) is 1.88. The van der Waals surface area contributed by atoms with Crippen molar-refractivity contribution in [3.05, 3.63) is 11.8 Å². The molecule has 0 heterocycles. The number of rotatable bonds is 8. The van der Waals surface area contributed by atoms with Gasteiger partial charge in [0.1, 0.15) is 5.70 Å². The standard InChI is InChI=1S/C15H29NO2/c1-7-8-9-14(15(17)18-6)16(10-12(2)3)11-13(4)5/h9,12-13H,7-8,10-11H2,1-6H3. The van der Waals surface area contributed by atoms with E-state index in [-0.39, 0.29) is 5.97 Å². The lowest BCUT2D eigenvalue weighted by Gasteiger charge is -2.29. The number of hydrogen-bond donors (Lipinski definition) is 0. The van der Waals surface area contributed by atoms with Crippen molar-refractivity contribution in [1.82, 2.24) is 4.90 Å². The smallest absolute Gasteiger partial charge is 0.353 e. The highest BCUT2D eigenvalue weighted by Crippen LogP contribution is 2.14. The molecule has 0 unspecified atom stereocenters. The van der Waals surface area contributed by atoms with Crippen LogP contribution in [0.5, 0.6) is 0 Å². The van der Waals surface area contributed by atoms with Crippen LogP contribution in [0, 0.1) is 11.8 Å². The molecule has 0 fully saturated rings. The molecule has 0 saturated heterocycles. The van der Waals surface area contributed by atoms with Gasteiger partial charge in [-0.25, -0.2) is 4.79 Å². The van der Waals surface area contributed by atoms with Gasteiger partial charge in [0.05, 0.1) is 7.11 Å². The Bertz CT molecular complexity index is 260. The van der Waals surface area contributed by atoms with E-state index in [4.69, 9.17) is 4.74 Å². The molecule has 0 aliphatic rings. The fraction of sp³-hybridized carbons (Fsp3) is 0.800. The molecule has 0 aromatic carbocycles. The maximum Gasteiger partial charge on any atom is 0.353 e. The number of nitrogens with zero attached hydrogens (tertiary/aromatic N) is 1. The number of hydrogen-bond acceptors (Lipinski definition) is 3. The van der Waals surface area contributed by atoms with Gasteiger partial charge in [-0.1, -0.05) is 47.1 Å². The minimum absolute atomic E-state index is 0.218. The number of unbranched alkanes of at least 4 members (excludes halogenated alkanes) is 1. The zero-order valence-electron chi connectivity index (χ0n) is 12.8. The van der Waals surface area contributed by atoms with Gasteiger partial charge < -0.3 is 9.64 Å². The van der Waals surface area contributed by atoms with Crippen molar-refractivity contribution in [1.29, 1.82) is 0 Å². The topological polar surface area (TPSA) is 29.5 Å². The van der Waals surface area contributed by atoms with Crippen LogP contribution in [0.2, 0.25) is 0 Å². The number of methoxy groups -OCH3 is 1. The zero-order chi connectivity index (χ0) is 14.1. The second-order valence-corrected chi connectivity index (χ2v) is 5.56. The van der Waals surface area contributed by atoms with Gasteiger partial charge in [0.25, 0.3) is 0 Å². The van der Waals surface area contributed by atoms with Crippen LogP contribution in [-0.4, -0.2) is 31.1 Å². The fourth-order valence-corrected chi connectivity index (χ4v) is 1.88. The molecule has 0 aromatic rings. The van der Waals surface area contributed by atoms with E-state index in [1.807, 2.05) is 6.08 Å². The molecule has 0 N–H and O–H groups in total. The van der Waals surface area contributed by atoms with Crippen molar-refractivity contribution in [3.8, 4) is 0 Å². The first kappa shape index (κ1) is 17.0. The van der Waals surface area contributed by atoms with Gasteiger partial charge in [-0.2, -0.15) is 0 Å². The zero-order valence-corrected chi connectivity index (χ0v) is 12.8. The average Bonchev–Trinajstić information content (AvgIpc) is 2.27. The van der Waals surface area contributed by atoms with Crippen molar-refractivity contribution < 1.29 is 9.53 Å². The van der Waals surface area contributed by atoms with E-state index >= 15 is 0 Å². The van der Waals surface area contributed by atoms with Crippen LogP contribution < -0.4 is 0 Å². The summed E-state index contributed by atoms with van der Waals surface area (Å²) in [5.41, 5.74) is 0.724. The van der Waals surface area contributed by atoms with Crippen LogP contribution in [0.1, 0.15) is 47.5 Å². The Morgan fingerprint density at radius 1 is 1.17 bits per heavy atom. The number of ether oxygens (including phenoxy) is 1. The molecule has 0 aliphatic heterocycles. The van der Waals surface area contributed by atoms with Gasteiger partial charge in [0, 0.05) is 13.1 Å². The Morgan fingerprint density at radius 2 is 1.67 bits per heavy atom. The van der Waals surface area contributed by atoms with E-state index in [2.05, 4.69) is 39.5 Å². The van der Waals surface area contributed by atoms with Crippen LogP contribution in [0.15, 0.2) is 11.8 Å². The third-order valence-corrected chi connectivity index (χ3v) is 2.53. The molecule has 0 amide bonds. The summed E-state index contributed by atoms with van der Waals surface area (Å²) in [6.45, 7) is 12.6. The highest BCUT2D eigenvalue weighted by molar-refractivity contribution is 5.87. The van der Waals surface area contributed by atoms with Crippen LogP contribution in [0.25, 0.3) is 0 Å². The van der Waals surface area contributed by atoms with Crippen molar-refractivity contribution in [2.24, 2.45) is 11.8 Å². The first-order chi connectivity index (χ1) is 8.42. The molecule has 0 rings (SSSR count). The lowest BCUT2D eigenvalue weighted by molar-refractivity contribution is -0.138. The molecule has 106 valence electrons. The summed E-state index contributed by atoms with van der Waals surface area (Å²) in [7, 11) is 1.45. The molecule has 0 bridgehead atoms. The molecule has 3 nitrogen and oxygen atoms in total. The molecule has 0 aromatic heterocycles. The van der Waals surface area contributed by atoms with Crippen LogP contribution in [0.3, 0.4) is 0 Å². The van der Waals surface area contributed by atoms with Gasteiger partial charge in [0.2, 0.25) is 0 Å². The van der Waals surface area contributed by atoms with Crippen molar-refractivity contribution in [3.63, 3.8) is 0 Å². The second-order valence-electron chi connectivity index (χ2n) is 5.56. The summed E-state index contributed by atoms with van der Waals surface area (Å²) in [6, 6.07) is 0. The highest BCUT2D eigenvalue weighted by Gasteiger charge is 2.19. The number of allylic oxidation sites excluding steroid dienone is 1. The van der Waals surface area contributed by atoms with E-state index < -0.39 is 0 Å². The van der Waals surface area contributed by atoms with E-state index in [1.165, 1.54) is 7.11 Å². The Labute approximate surface area is 112 Å². The lowest BCUT2D eigenvalue weighted by atomic mass is 10.1. The normalized spacial score (nSPS) is 12.1. The Kier molecular flexibility index (Phi) is 8.51. The Morgan fingerprint density at radius 3 is 2.00 bits per heavy atom. The summed E-state index contributed by atoms with van der Waals surface area (Å²) in [5.74, 6) is 0.835. The third kappa shape index (κ3) is 6.67. The lowest BCUT2D eigenvalue weighted by Crippen LogP contribution is -2.34. The van der Waals surface area contributed by atoms with Crippen molar-refractivity contribution in [2.75, 3.05) is 20.2 Å². The summed E-state index contributed by atoms with van der Waals surface area (Å²) in [5, 5.41) is 0. The van der Waals surface area contributed by atoms with Gasteiger partial charge >= 0.3 is 5.97 Å². The molecule has 18 heavy (non-hydrogen) atoms. The quantitative estimate of drug-likeness (QED) is 0.491. The summed E-state index contributed by atoms with van der Waals surface area (Å²) in [4.78, 5) is 14.1. The van der Waals surface area contributed by atoms with Crippen LogP contribution >= 0.6 is 0 Å². The predicted octanol–water partition coefficient (Wildman–Crippen LogP) is 3.46. The minimum atomic E-state index is -0.218. The second kappa shape index (κ2) is 9.01. The SMILES string of the molecule is CCCC=C(C(=O)OC)N(CC(C)C)CC(C)C. The Balaban J connectivity index is 4.99. The maximum atomic E-state index is 11.9. The monoisotopic (exact) mass is 255 g/mol. The number of carbonyl (C=O) groups is 1. The van der Waals surface area contributed by atoms with Gasteiger partial charge in [-0.15, -0.1) is 0 Å². The molecular weight excluding hydrogens is 226 g/mol. The molecule has 3 heteroatoms.